The quantitative estimate of drug-likeness (QED) is 0.652. The minimum Gasteiger partial charge on any atom is -0.460 e. The van der Waals surface area contributed by atoms with E-state index in [9.17, 15) is 4.79 Å². The Hall–Kier alpha value is -0.610. The molecule has 1 aliphatic heterocycles. The Morgan fingerprint density at radius 3 is 3.08 bits per heavy atom. The van der Waals surface area contributed by atoms with Crippen molar-refractivity contribution in [1.82, 2.24) is 0 Å². The number of carbonyl (C=O) groups is 1. The van der Waals surface area contributed by atoms with Gasteiger partial charge in [-0.25, -0.2) is 0 Å². The molecule has 0 unspecified atom stereocenters. The Morgan fingerprint density at radius 2 is 2.46 bits per heavy atom. The lowest BCUT2D eigenvalue weighted by molar-refractivity contribution is -0.148. The van der Waals surface area contributed by atoms with Crippen LogP contribution in [-0.4, -0.2) is 36.5 Å². The Bertz CT molecular complexity index is 169. The standard InChI is InChI=1S/C9H16O4/c1-2-9(11)13-8-5-7(3-4-10)12-6-8/h7-8,10H,2-6H2,1H3/t7-,8-/m1/s1. The van der Waals surface area contributed by atoms with Gasteiger partial charge in [-0.15, -0.1) is 0 Å². The zero-order chi connectivity index (χ0) is 9.68. The van der Waals surface area contributed by atoms with E-state index >= 15 is 0 Å². The van der Waals surface area contributed by atoms with E-state index in [0.29, 0.717) is 25.9 Å². The fraction of sp³-hybridized carbons (Fsp3) is 0.889. The maximum absolute atomic E-state index is 10.9. The molecular formula is C9H16O4. The molecule has 1 rings (SSSR count). The van der Waals surface area contributed by atoms with Crippen LogP contribution in [0.2, 0.25) is 0 Å². The molecule has 4 nitrogen and oxygen atoms in total. The minimum atomic E-state index is -0.182. The first-order chi connectivity index (χ1) is 6.26. The Morgan fingerprint density at radius 1 is 1.69 bits per heavy atom. The van der Waals surface area contributed by atoms with E-state index in [1.54, 1.807) is 6.92 Å². The van der Waals surface area contributed by atoms with Gasteiger partial charge in [-0.05, 0) is 6.42 Å². The summed E-state index contributed by atoms with van der Waals surface area (Å²) < 4.78 is 10.4. The van der Waals surface area contributed by atoms with Crippen molar-refractivity contribution in [3.63, 3.8) is 0 Å². The summed E-state index contributed by atoms with van der Waals surface area (Å²) >= 11 is 0. The summed E-state index contributed by atoms with van der Waals surface area (Å²) in [5.41, 5.74) is 0. The molecule has 1 aliphatic rings. The van der Waals surface area contributed by atoms with Crippen molar-refractivity contribution in [3.8, 4) is 0 Å². The van der Waals surface area contributed by atoms with Crippen LogP contribution < -0.4 is 0 Å². The number of hydrogen-bond acceptors (Lipinski definition) is 4. The molecule has 0 radical (unpaired) electrons. The molecule has 0 bridgehead atoms. The number of aliphatic hydroxyl groups is 1. The van der Waals surface area contributed by atoms with Gasteiger partial charge in [-0.1, -0.05) is 6.92 Å². The van der Waals surface area contributed by atoms with E-state index < -0.39 is 0 Å². The summed E-state index contributed by atoms with van der Waals surface area (Å²) in [7, 11) is 0. The Labute approximate surface area is 77.8 Å². The first-order valence-corrected chi connectivity index (χ1v) is 4.68. The van der Waals surface area contributed by atoms with Crippen LogP contribution in [0.5, 0.6) is 0 Å². The zero-order valence-corrected chi connectivity index (χ0v) is 7.86. The second kappa shape index (κ2) is 5.19. The van der Waals surface area contributed by atoms with Crippen LogP contribution in [0.15, 0.2) is 0 Å². The predicted molar refractivity (Wildman–Crippen MR) is 46.2 cm³/mol. The van der Waals surface area contributed by atoms with E-state index in [2.05, 4.69) is 0 Å². The van der Waals surface area contributed by atoms with Gasteiger partial charge in [0.05, 0.1) is 12.7 Å². The highest BCUT2D eigenvalue weighted by Crippen LogP contribution is 2.18. The third-order valence-corrected chi connectivity index (χ3v) is 2.08. The van der Waals surface area contributed by atoms with Crippen LogP contribution in [0.1, 0.15) is 26.2 Å². The largest absolute Gasteiger partial charge is 0.460 e. The second-order valence-electron chi connectivity index (χ2n) is 3.17. The first-order valence-electron chi connectivity index (χ1n) is 4.68. The van der Waals surface area contributed by atoms with Gasteiger partial charge in [0.25, 0.3) is 0 Å². The summed E-state index contributed by atoms with van der Waals surface area (Å²) in [6, 6.07) is 0. The number of carbonyl (C=O) groups excluding carboxylic acids is 1. The van der Waals surface area contributed by atoms with Crippen LogP contribution >= 0.6 is 0 Å². The Kier molecular flexibility index (Phi) is 4.18. The molecule has 0 aromatic rings. The summed E-state index contributed by atoms with van der Waals surface area (Å²) in [4.78, 5) is 10.9. The molecule has 13 heavy (non-hydrogen) atoms. The number of hydrogen-bond donors (Lipinski definition) is 1. The minimum absolute atomic E-state index is 0.0552. The third-order valence-electron chi connectivity index (χ3n) is 2.08. The topological polar surface area (TPSA) is 55.8 Å². The summed E-state index contributed by atoms with van der Waals surface area (Å²) in [5.74, 6) is -0.182. The fourth-order valence-corrected chi connectivity index (χ4v) is 1.37. The van der Waals surface area contributed by atoms with Gasteiger partial charge in [-0.2, -0.15) is 0 Å². The lowest BCUT2D eigenvalue weighted by Crippen LogP contribution is -2.17. The molecule has 0 aromatic heterocycles. The summed E-state index contributed by atoms with van der Waals surface area (Å²) in [6.45, 7) is 2.36. The van der Waals surface area contributed by atoms with Crippen LogP contribution in [0.3, 0.4) is 0 Å². The number of esters is 1. The first kappa shape index (κ1) is 10.5. The molecule has 0 aromatic carbocycles. The van der Waals surface area contributed by atoms with E-state index in [1.807, 2.05) is 0 Å². The van der Waals surface area contributed by atoms with Crippen molar-refractivity contribution in [3.05, 3.63) is 0 Å². The summed E-state index contributed by atoms with van der Waals surface area (Å²) in [6.07, 6.45) is 1.69. The maximum Gasteiger partial charge on any atom is 0.305 e. The molecular weight excluding hydrogens is 172 g/mol. The lowest BCUT2D eigenvalue weighted by Gasteiger charge is -2.08. The molecule has 1 saturated heterocycles. The average Bonchev–Trinajstić information content (AvgIpc) is 2.53. The van der Waals surface area contributed by atoms with Crippen molar-refractivity contribution in [1.29, 1.82) is 0 Å². The average molecular weight is 188 g/mol. The highest BCUT2D eigenvalue weighted by molar-refractivity contribution is 5.69. The molecule has 4 heteroatoms. The van der Waals surface area contributed by atoms with E-state index in [1.165, 1.54) is 0 Å². The van der Waals surface area contributed by atoms with Crippen molar-refractivity contribution < 1.29 is 19.4 Å². The van der Waals surface area contributed by atoms with E-state index in [4.69, 9.17) is 14.6 Å². The normalized spacial score (nSPS) is 27.5. The van der Waals surface area contributed by atoms with Crippen LogP contribution in [0, 0.1) is 0 Å². The predicted octanol–water partition coefficient (Wildman–Crippen LogP) is 0.480. The molecule has 1 fully saturated rings. The van der Waals surface area contributed by atoms with Crippen molar-refractivity contribution in [2.24, 2.45) is 0 Å². The molecule has 1 heterocycles. The van der Waals surface area contributed by atoms with Gasteiger partial charge in [0.2, 0.25) is 0 Å². The summed E-state index contributed by atoms with van der Waals surface area (Å²) in [5, 5.41) is 8.65. The van der Waals surface area contributed by atoms with Crippen LogP contribution in [0.4, 0.5) is 0 Å². The van der Waals surface area contributed by atoms with Crippen LogP contribution in [-0.2, 0) is 14.3 Å². The third kappa shape index (κ3) is 3.32. The molecule has 1 N–H and O–H groups in total. The van der Waals surface area contributed by atoms with Crippen molar-refractivity contribution >= 4 is 5.97 Å². The molecule has 0 aliphatic carbocycles. The molecule has 76 valence electrons. The molecule has 0 amide bonds. The number of rotatable bonds is 4. The van der Waals surface area contributed by atoms with E-state index in [0.717, 1.165) is 0 Å². The number of aliphatic hydroxyl groups excluding tert-OH is 1. The molecule has 2 atom stereocenters. The van der Waals surface area contributed by atoms with Gasteiger partial charge in [0.15, 0.2) is 0 Å². The Balaban J connectivity index is 2.20. The smallest absolute Gasteiger partial charge is 0.305 e. The van der Waals surface area contributed by atoms with Gasteiger partial charge in [0, 0.05) is 19.4 Å². The van der Waals surface area contributed by atoms with Crippen molar-refractivity contribution in [2.45, 2.75) is 38.4 Å². The highest BCUT2D eigenvalue weighted by Gasteiger charge is 2.27. The van der Waals surface area contributed by atoms with Crippen LogP contribution in [0.25, 0.3) is 0 Å². The van der Waals surface area contributed by atoms with Gasteiger partial charge < -0.3 is 14.6 Å². The monoisotopic (exact) mass is 188 g/mol. The SMILES string of the molecule is CCC(=O)O[C@H]1CO[C@H](CCO)C1. The van der Waals surface area contributed by atoms with E-state index in [-0.39, 0.29) is 24.8 Å². The highest BCUT2D eigenvalue weighted by atomic mass is 16.6. The maximum atomic E-state index is 10.9. The van der Waals surface area contributed by atoms with Gasteiger partial charge in [0.1, 0.15) is 6.10 Å². The molecule has 0 saturated carbocycles. The molecule has 0 spiro atoms. The lowest BCUT2D eigenvalue weighted by atomic mass is 10.1. The fourth-order valence-electron chi connectivity index (χ4n) is 1.37. The number of ether oxygens (including phenoxy) is 2. The van der Waals surface area contributed by atoms with Crippen molar-refractivity contribution in [2.75, 3.05) is 13.2 Å². The van der Waals surface area contributed by atoms with Gasteiger partial charge >= 0.3 is 5.97 Å². The zero-order valence-electron chi connectivity index (χ0n) is 7.86. The second-order valence-corrected chi connectivity index (χ2v) is 3.17. The van der Waals surface area contributed by atoms with Gasteiger partial charge in [-0.3, -0.25) is 4.79 Å².